The Bertz CT molecular complexity index is 269. The molecule has 0 aromatic carbocycles. The summed E-state index contributed by atoms with van der Waals surface area (Å²) >= 11 is 0. The van der Waals surface area contributed by atoms with Crippen molar-refractivity contribution in [3.63, 3.8) is 0 Å². The van der Waals surface area contributed by atoms with E-state index >= 15 is 0 Å². The van der Waals surface area contributed by atoms with E-state index in [4.69, 9.17) is 0 Å². The van der Waals surface area contributed by atoms with Crippen LogP contribution in [0.2, 0.25) is 0 Å². The van der Waals surface area contributed by atoms with Gasteiger partial charge in [-0.2, -0.15) is 0 Å². The molecule has 0 bridgehead atoms. The van der Waals surface area contributed by atoms with Gasteiger partial charge in [0, 0.05) is 25.5 Å². The van der Waals surface area contributed by atoms with Crippen LogP contribution in [0.25, 0.3) is 0 Å². The second kappa shape index (κ2) is 4.54. The molecular formula is C9H13N3O. The summed E-state index contributed by atoms with van der Waals surface area (Å²) in [4.78, 5) is 21.0. The lowest BCUT2D eigenvalue weighted by Crippen LogP contribution is -2.30. The van der Waals surface area contributed by atoms with E-state index in [-0.39, 0.29) is 5.91 Å². The number of amides is 1. The molecule has 0 radical (unpaired) electrons. The molecule has 1 amide bonds. The number of hydrogen-bond donors (Lipinski definition) is 0. The minimum atomic E-state index is -0.00870. The van der Waals surface area contributed by atoms with Gasteiger partial charge in [0.05, 0.1) is 5.56 Å². The molecule has 0 aliphatic heterocycles. The van der Waals surface area contributed by atoms with Crippen LogP contribution in [0, 0.1) is 0 Å². The van der Waals surface area contributed by atoms with Crippen molar-refractivity contribution in [2.24, 2.45) is 0 Å². The van der Waals surface area contributed by atoms with Gasteiger partial charge < -0.3 is 4.90 Å². The standard InChI is InChI=1S/C9H13N3O/c1-3-12(4-2)9(13)8-5-10-7-11-6-8/h5-7H,3-4H2,1-2H3. The Balaban J connectivity index is 2.78. The van der Waals surface area contributed by atoms with Gasteiger partial charge in [0.15, 0.2) is 0 Å². The van der Waals surface area contributed by atoms with Gasteiger partial charge in [0.25, 0.3) is 5.91 Å². The van der Waals surface area contributed by atoms with Crippen molar-refractivity contribution in [2.45, 2.75) is 13.8 Å². The highest BCUT2D eigenvalue weighted by Gasteiger charge is 2.11. The molecule has 0 saturated heterocycles. The Morgan fingerprint density at radius 3 is 2.31 bits per heavy atom. The predicted octanol–water partition coefficient (Wildman–Crippen LogP) is 0.959. The van der Waals surface area contributed by atoms with Crippen LogP contribution in [0.1, 0.15) is 24.2 Å². The fraction of sp³-hybridized carbons (Fsp3) is 0.444. The summed E-state index contributed by atoms with van der Waals surface area (Å²) in [6.45, 7) is 5.32. The van der Waals surface area contributed by atoms with E-state index in [2.05, 4.69) is 9.97 Å². The van der Waals surface area contributed by atoms with Crippen molar-refractivity contribution < 1.29 is 4.79 Å². The molecule has 0 atom stereocenters. The van der Waals surface area contributed by atoms with Crippen LogP contribution in [0.3, 0.4) is 0 Å². The van der Waals surface area contributed by atoms with Gasteiger partial charge in [0.1, 0.15) is 6.33 Å². The van der Waals surface area contributed by atoms with Crippen LogP contribution in [-0.2, 0) is 0 Å². The summed E-state index contributed by atoms with van der Waals surface area (Å²) in [6, 6.07) is 0. The summed E-state index contributed by atoms with van der Waals surface area (Å²) in [6.07, 6.45) is 4.49. The van der Waals surface area contributed by atoms with Gasteiger partial charge in [-0.25, -0.2) is 9.97 Å². The number of nitrogens with zero attached hydrogens (tertiary/aromatic N) is 3. The third-order valence-corrected chi connectivity index (χ3v) is 1.86. The van der Waals surface area contributed by atoms with Crippen molar-refractivity contribution in [1.29, 1.82) is 0 Å². The minimum Gasteiger partial charge on any atom is -0.339 e. The lowest BCUT2D eigenvalue weighted by molar-refractivity contribution is 0.0772. The molecule has 1 aromatic heterocycles. The van der Waals surface area contributed by atoms with E-state index in [9.17, 15) is 4.79 Å². The smallest absolute Gasteiger partial charge is 0.256 e. The summed E-state index contributed by atoms with van der Waals surface area (Å²) in [5.41, 5.74) is 0.547. The van der Waals surface area contributed by atoms with Crippen molar-refractivity contribution in [2.75, 3.05) is 13.1 Å². The molecule has 4 nitrogen and oxygen atoms in total. The van der Waals surface area contributed by atoms with Crippen LogP contribution >= 0.6 is 0 Å². The fourth-order valence-electron chi connectivity index (χ4n) is 1.10. The quantitative estimate of drug-likeness (QED) is 0.694. The number of aromatic nitrogens is 2. The Hall–Kier alpha value is -1.45. The van der Waals surface area contributed by atoms with Crippen LogP contribution < -0.4 is 0 Å². The lowest BCUT2D eigenvalue weighted by Gasteiger charge is -2.17. The van der Waals surface area contributed by atoms with Gasteiger partial charge in [0.2, 0.25) is 0 Å². The second-order valence-electron chi connectivity index (χ2n) is 2.60. The number of hydrogen-bond acceptors (Lipinski definition) is 3. The first kappa shape index (κ1) is 9.64. The predicted molar refractivity (Wildman–Crippen MR) is 49.3 cm³/mol. The number of rotatable bonds is 3. The van der Waals surface area contributed by atoms with Crippen molar-refractivity contribution >= 4 is 5.91 Å². The van der Waals surface area contributed by atoms with Crippen LogP contribution in [0.4, 0.5) is 0 Å². The number of carbonyl (C=O) groups is 1. The normalized spacial score (nSPS) is 9.69. The first-order chi connectivity index (χ1) is 6.29. The van der Waals surface area contributed by atoms with Crippen LogP contribution in [-0.4, -0.2) is 33.9 Å². The van der Waals surface area contributed by atoms with Gasteiger partial charge >= 0.3 is 0 Å². The average Bonchev–Trinajstić information content (AvgIpc) is 2.21. The highest BCUT2D eigenvalue weighted by atomic mass is 16.2. The van der Waals surface area contributed by atoms with E-state index in [1.807, 2.05) is 13.8 Å². The Labute approximate surface area is 77.6 Å². The zero-order valence-corrected chi connectivity index (χ0v) is 7.90. The molecule has 0 saturated carbocycles. The molecule has 0 fully saturated rings. The van der Waals surface area contributed by atoms with E-state index in [0.717, 1.165) is 0 Å². The summed E-state index contributed by atoms with van der Waals surface area (Å²) < 4.78 is 0. The molecule has 0 spiro atoms. The van der Waals surface area contributed by atoms with E-state index < -0.39 is 0 Å². The maximum absolute atomic E-state index is 11.7. The summed E-state index contributed by atoms with van der Waals surface area (Å²) in [5.74, 6) is -0.00870. The molecule has 0 aliphatic carbocycles. The van der Waals surface area contributed by atoms with Crippen molar-refractivity contribution in [3.05, 3.63) is 24.3 Å². The molecule has 4 heteroatoms. The van der Waals surface area contributed by atoms with Gasteiger partial charge in [-0.1, -0.05) is 0 Å². The monoisotopic (exact) mass is 179 g/mol. The van der Waals surface area contributed by atoms with Crippen LogP contribution in [0.15, 0.2) is 18.7 Å². The van der Waals surface area contributed by atoms with E-state index in [1.54, 1.807) is 4.90 Å². The molecule has 0 N–H and O–H groups in total. The third kappa shape index (κ3) is 2.24. The lowest BCUT2D eigenvalue weighted by atomic mass is 10.3. The molecule has 1 aromatic rings. The van der Waals surface area contributed by atoms with Crippen molar-refractivity contribution in [1.82, 2.24) is 14.9 Å². The highest BCUT2D eigenvalue weighted by molar-refractivity contribution is 5.93. The Kier molecular flexibility index (Phi) is 3.37. The second-order valence-corrected chi connectivity index (χ2v) is 2.60. The van der Waals surface area contributed by atoms with Gasteiger partial charge in [-0.3, -0.25) is 4.79 Å². The maximum Gasteiger partial charge on any atom is 0.256 e. The molecule has 0 unspecified atom stereocenters. The van der Waals surface area contributed by atoms with Gasteiger partial charge in [-0.05, 0) is 13.8 Å². The zero-order valence-electron chi connectivity index (χ0n) is 7.90. The number of carbonyl (C=O) groups excluding carboxylic acids is 1. The summed E-state index contributed by atoms with van der Waals surface area (Å²) in [5, 5.41) is 0. The topological polar surface area (TPSA) is 46.1 Å². The SMILES string of the molecule is CCN(CC)C(=O)c1cncnc1. The average molecular weight is 179 g/mol. The van der Waals surface area contributed by atoms with E-state index in [0.29, 0.717) is 18.7 Å². The minimum absolute atomic E-state index is 0.00870. The molecule has 1 rings (SSSR count). The Morgan fingerprint density at radius 2 is 1.85 bits per heavy atom. The maximum atomic E-state index is 11.7. The fourth-order valence-corrected chi connectivity index (χ4v) is 1.10. The zero-order chi connectivity index (χ0) is 9.68. The third-order valence-electron chi connectivity index (χ3n) is 1.86. The Morgan fingerprint density at radius 1 is 1.31 bits per heavy atom. The summed E-state index contributed by atoms with van der Waals surface area (Å²) in [7, 11) is 0. The molecule has 0 aliphatic rings. The largest absolute Gasteiger partial charge is 0.339 e. The van der Waals surface area contributed by atoms with Crippen LogP contribution in [0.5, 0.6) is 0 Å². The molecular weight excluding hydrogens is 166 g/mol. The highest BCUT2D eigenvalue weighted by Crippen LogP contribution is 2.00. The molecule has 70 valence electrons. The first-order valence-corrected chi connectivity index (χ1v) is 4.33. The van der Waals surface area contributed by atoms with Crippen molar-refractivity contribution in [3.8, 4) is 0 Å². The first-order valence-electron chi connectivity index (χ1n) is 4.33. The molecule has 13 heavy (non-hydrogen) atoms. The van der Waals surface area contributed by atoms with E-state index in [1.165, 1.54) is 18.7 Å². The molecule has 1 heterocycles. The van der Waals surface area contributed by atoms with Gasteiger partial charge in [-0.15, -0.1) is 0 Å².